The zero-order valence-electron chi connectivity index (χ0n) is 12.9. The average molecular weight is 296 g/mol. The lowest BCUT2D eigenvalue weighted by molar-refractivity contribution is 0.0934. The van der Waals surface area contributed by atoms with Gasteiger partial charge in [-0.1, -0.05) is 25.1 Å². The second-order valence-corrected chi connectivity index (χ2v) is 5.57. The van der Waals surface area contributed by atoms with Crippen molar-refractivity contribution in [2.45, 2.75) is 32.7 Å². The molecule has 1 aromatic heterocycles. The molecule has 1 amide bonds. The van der Waals surface area contributed by atoms with Crippen LogP contribution in [0.3, 0.4) is 0 Å². The molecule has 5 nitrogen and oxygen atoms in total. The minimum atomic E-state index is -0.171. The molecule has 0 saturated carbocycles. The van der Waals surface area contributed by atoms with Gasteiger partial charge >= 0.3 is 0 Å². The Hall–Kier alpha value is -2.43. The molecule has 0 spiro atoms. The maximum atomic E-state index is 12.0. The van der Waals surface area contributed by atoms with Crippen molar-refractivity contribution in [3.05, 3.63) is 47.9 Å². The minimum absolute atomic E-state index is 0.138. The van der Waals surface area contributed by atoms with Crippen LogP contribution in [0.25, 0.3) is 0 Å². The standard InChI is InChI=1S/C17H20N4O/c1-3-12(2)20-17(22)14-10-19-16(11-18-14)21-9-8-13-6-4-5-7-15(13)21/h4-7,10-12H,3,8-9H2,1-2H3,(H,20,22). The summed E-state index contributed by atoms with van der Waals surface area (Å²) in [4.78, 5) is 22.8. The van der Waals surface area contributed by atoms with Crippen LogP contribution < -0.4 is 10.2 Å². The molecule has 2 heterocycles. The Bertz CT molecular complexity index is 669. The van der Waals surface area contributed by atoms with Crippen molar-refractivity contribution in [3.8, 4) is 0 Å². The smallest absolute Gasteiger partial charge is 0.271 e. The molecular formula is C17H20N4O. The first kappa shape index (κ1) is 14.5. The van der Waals surface area contributed by atoms with Gasteiger partial charge in [-0.2, -0.15) is 0 Å². The monoisotopic (exact) mass is 296 g/mol. The highest BCUT2D eigenvalue weighted by atomic mass is 16.1. The van der Waals surface area contributed by atoms with E-state index in [4.69, 9.17) is 0 Å². The van der Waals surface area contributed by atoms with E-state index in [1.807, 2.05) is 19.9 Å². The molecule has 1 aromatic carbocycles. The number of benzene rings is 1. The molecular weight excluding hydrogens is 276 g/mol. The second kappa shape index (κ2) is 6.13. The minimum Gasteiger partial charge on any atom is -0.348 e. The van der Waals surface area contributed by atoms with Crippen LogP contribution >= 0.6 is 0 Å². The summed E-state index contributed by atoms with van der Waals surface area (Å²) in [5.74, 6) is 0.611. The predicted octanol–water partition coefficient (Wildman–Crippen LogP) is 2.70. The van der Waals surface area contributed by atoms with Crippen LogP contribution in [0.2, 0.25) is 0 Å². The number of aromatic nitrogens is 2. The molecule has 0 saturated heterocycles. The van der Waals surface area contributed by atoms with Gasteiger partial charge in [0.15, 0.2) is 5.82 Å². The third-order valence-corrected chi connectivity index (χ3v) is 4.02. The number of nitrogens with zero attached hydrogens (tertiary/aromatic N) is 3. The van der Waals surface area contributed by atoms with E-state index in [2.05, 4.69) is 38.4 Å². The molecule has 2 aromatic rings. The summed E-state index contributed by atoms with van der Waals surface area (Å²) in [6.07, 6.45) is 5.12. The maximum absolute atomic E-state index is 12.0. The zero-order valence-corrected chi connectivity index (χ0v) is 12.9. The number of carbonyl (C=O) groups excluding carboxylic acids is 1. The number of nitrogens with one attached hydrogen (secondary N) is 1. The molecule has 0 fully saturated rings. The van der Waals surface area contributed by atoms with Gasteiger partial charge in [-0.05, 0) is 31.4 Å². The van der Waals surface area contributed by atoms with Gasteiger partial charge in [0.25, 0.3) is 5.91 Å². The van der Waals surface area contributed by atoms with Gasteiger partial charge in [-0.3, -0.25) is 4.79 Å². The number of amides is 1. The zero-order chi connectivity index (χ0) is 15.5. The fourth-order valence-corrected chi connectivity index (χ4v) is 2.55. The maximum Gasteiger partial charge on any atom is 0.271 e. The van der Waals surface area contributed by atoms with Crippen LogP contribution in [0.1, 0.15) is 36.3 Å². The summed E-state index contributed by atoms with van der Waals surface area (Å²) in [5, 5.41) is 2.90. The molecule has 1 aliphatic rings. The molecule has 22 heavy (non-hydrogen) atoms. The van der Waals surface area contributed by atoms with Crippen LogP contribution in [0.15, 0.2) is 36.7 Å². The first-order valence-corrected chi connectivity index (χ1v) is 7.67. The largest absolute Gasteiger partial charge is 0.348 e. The lowest BCUT2D eigenvalue weighted by atomic mass is 10.2. The second-order valence-electron chi connectivity index (χ2n) is 5.57. The number of hydrogen-bond acceptors (Lipinski definition) is 4. The Morgan fingerprint density at radius 2 is 2.14 bits per heavy atom. The molecule has 1 N–H and O–H groups in total. The normalized spacial score (nSPS) is 14.5. The predicted molar refractivity (Wildman–Crippen MR) is 86.4 cm³/mol. The van der Waals surface area contributed by atoms with Gasteiger partial charge in [-0.15, -0.1) is 0 Å². The summed E-state index contributed by atoms with van der Waals surface area (Å²) in [6.45, 7) is 4.90. The van der Waals surface area contributed by atoms with Crippen molar-refractivity contribution in [2.24, 2.45) is 0 Å². The van der Waals surface area contributed by atoms with Crippen molar-refractivity contribution < 1.29 is 4.79 Å². The SMILES string of the molecule is CCC(C)NC(=O)c1cnc(N2CCc3ccccc32)cn1. The lowest BCUT2D eigenvalue weighted by Crippen LogP contribution is -2.32. The van der Waals surface area contributed by atoms with Crippen molar-refractivity contribution >= 4 is 17.4 Å². The van der Waals surface area contributed by atoms with Crippen LogP contribution in [-0.4, -0.2) is 28.5 Å². The molecule has 1 unspecified atom stereocenters. The summed E-state index contributed by atoms with van der Waals surface area (Å²) >= 11 is 0. The highest BCUT2D eigenvalue weighted by Gasteiger charge is 2.21. The average Bonchev–Trinajstić information content (AvgIpc) is 2.99. The van der Waals surface area contributed by atoms with Gasteiger partial charge in [-0.25, -0.2) is 9.97 Å². The summed E-state index contributed by atoms with van der Waals surface area (Å²) in [7, 11) is 0. The Balaban J connectivity index is 1.77. The van der Waals surface area contributed by atoms with E-state index < -0.39 is 0 Å². The van der Waals surface area contributed by atoms with Crippen molar-refractivity contribution in [3.63, 3.8) is 0 Å². The first-order chi connectivity index (χ1) is 10.7. The fraction of sp³-hybridized carbons (Fsp3) is 0.353. The van der Waals surface area contributed by atoms with Gasteiger partial charge in [0.05, 0.1) is 12.4 Å². The number of rotatable bonds is 4. The van der Waals surface area contributed by atoms with Crippen LogP contribution in [-0.2, 0) is 6.42 Å². The molecule has 0 aliphatic carbocycles. The third kappa shape index (κ3) is 2.79. The number of carbonyl (C=O) groups is 1. The van der Waals surface area contributed by atoms with E-state index in [1.165, 1.54) is 11.3 Å². The lowest BCUT2D eigenvalue weighted by Gasteiger charge is -2.18. The summed E-state index contributed by atoms with van der Waals surface area (Å²) in [6, 6.07) is 8.44. The molecule has 1 atom stereocenters. The molecule has 1 aliphatic heterocycles. The molecule has 5 heteroatoms. The molecule has 0 bridgehead atoms. The van der Waals surface area contributed by atoms with Crippen molar-refractivity contribution in [2.75, 3.05) is 11.4 Å². The van der Waals surface area contributed by atoms with Crippen LogP contribution in [0.5, 0.6) is 0 Å². The van der Waals surface area contributed by atoms with Gasteiger partial charge in [0, 0.05) is 18.3 Å². The van der Waals surface area contributed by atoms with Gasteiger partial charge in [0.1, 0.15) is 5.69 Å². The number of fused-ring (bicyclic) bond motifs is 1. The van der Waals surface area contributed by atoms with Crippen molar-refractivity contribution in [1.29, 1.82) is 0 Å². The molecule has 114 valence electrons. The van der Waals surface area contributed by atoms with E-state index in [-0.39, 0.29) is 11.9 Å². The highest BCUT2D eigenvalue weighted by Crippen LogP contribution is 2.32. The van der Waals surface area contributed by atoms with Crippen molar-refractivity contribution in [1.82, 2.24) is 15.3 Å². The number of hydrogen-bond donors (Lipinski definition) is 1. The van der Waals surface area contributed by atoms with Gasteiger partial charge in [0.2, 0.25) is 0 Å². The number of para-hydroxylation sites is 1. The highest BCUT2D eigenvalue weighted by molar-refractivity contribution is 5.92. The third-order valence-electron chi connectivity index (χ3n) is 4.02. The van der Waals surface area contributed by atoms with E-state index in [1.54, 1.807) is 12.4 Å². The Morgan fingerprint density at radius 3 is 2.86 bits per heavy atom. The van der Waals surface area contributed by atoms with E-state index in [0.29, 0.717) is 5.69 Å². The van der Waals surface area contributed by atoms with E-state index in [0.717, 1.165) is 25.2 Å². The summed E-state index contributed by atoms with van der Waals surface area (Å²) in [5.41, 5.74) is 2.85. The van der Waals surface area contributed by atoms with Crippen LogP contribution in [0, 0.1) is 0 Å². The van der Waals surface area contributed by atoms with Crippen LogP contribution in [0.4, 0.5) is 11.5 Å². The number of anilines is 2. The fourth-order valence-electron chi connectivity index (χ4n) is 2.55. The Morgan fingerprint density at radius 1 is 1.32 bits per heavy atom. The molecule has 0 radical (unpaired) electrons. The first-order valence-electron chi connectivity index (χ1n) is 7.67. The van der Waals surface area contributed by atoms with Gasteiger partial charge < -0.3 is 10.2 Å². The van der Waals surface area contributed by atoms with E-state index in [9.17, 15) is 4.79 Å². The topological polar surface area (TPSA) is 58.1 Å². The Labute approximate surface area is 130 Å². The Kier molecular flexibility index (Phi) is 4.04. The van der Waals surface area contributed by atoms with E-state index >= 15 is 0 Å². The quantitative estimate of drug-likeness (QED) is 0.942. The molecule has 3 rings (SSSR count). The summed E-state index contributed by atoms with van der Waals surface area (Å²) < 4.78 is 0.